The van der Waals surface area contributed by atoms with Crippen LogP contribution >= 0.6 is 12.4 Å². The van der Waals surface area contributed by atoms with Gasteiger partial charge in [0.25, 0.3) is 5.91 Å². The summed E-state index contributed by atoms with van der Waals surface area (Å²) >= 11 is 0. The summed E-state index contributed by atoms with van der Waals surface area (Å²) in [6, 6.07) is 12.4. The highest BCUT2D eigenvalue weighted by atomic mass is 35.5. The number of fused-ring (bicyclic) bond motifs is 9. The van der Waals surface area contributed by atoms with Crippen LogP contribution in [0.2, 0.25) is 0 Å². The fourth-order valence-corrected chi connectivity index (χ4v) is 9.93. The minimum absolute atomic E-state index is 0. The lowest BCUT2D eigenvalue weighted by Crippen LogP contribution is -2.57. The molecule has 5 aliphatic rings. The molecule has 2 amide bonds. The number of ether oxygens (including phenoxy) is 1. The van der Waals surface area contributed by atoms with Crippen LogP contribution in [0.4, 0.5) is 0 Å². The number of nitrogens with zero attached hydrogens (tertiary/aromatic N) is 4. The van der Waals surface area contributed by atoms with E-state index in [1.54, 1.807) is 13.2 Å². The summed E-state index contributed by atoms with van der Waals surface area (Å²) in [5.41, 5.74) is 5.33. The van der Waals surface area contributed by atoms with Gasteiger partial charge in [-0.25, -0.2) is 4.72 Å². The maximum absolute atomic E-state index is 15.0. The molecule has 2 saturated heterocycles. The van der Waals surface area contributed by atoms with E-state index in [0.717, 1.165) is 77.4 Å². The largest absolute Gasteiger partial charge is 0.497 e. The predicted molar refractivity (Wildman–Crippen MR) is 188 cm³/mol. The van der Waals surface area contributed by atoms with E-state index in [1.807, 2.05) is 18.2 Å². The number of halogens is 1. The molecule has 2 bridgehead atoms. The van der Waals surface area contributed by atoms with Gasteiger partial charge in [-0.2, -0.15) is 12.7 Å². The number of rotatable bonds is 6. The van der Waals surface area contributed by atoms with Gasteiger partial charge in [0.1, 0.15) is 5.75 Å². The number of hydrogen-bond acceptors (Lipinski definition) is 6. The van der Waals surface area contributed by atoms with Gasteiger partial charge in [0.2, 0.25) is 5.91 Å². The number of likely N-dealkylation sites (N-methyl/N-ethyl adjacent to an activating group) is 1. The van der Waals surface area contributed by atoms with Crippen LogP contribution in [0.5, 0.6) is 5.75 Å². The van der Waals surface area contributed by atoms with E-state index < -0.39 is 21.5 Å². The summed E-state index contributed by atoms with van der Waals surface area (Å²) in [5, 5.41) is 1.09. The first kappa shape index (κ1) is 33.4. The van der Waals surface area contributed by atoms with Crippen LogP contribution in [-0.2, 0) is 21.5 Å². The van der Waals surface area contributed by atoms with Crippen molar-refractivity contribution in [2.75, 3.05) is 41.3 Å². The van der Waals surface area contributed by atoms with Crippen molar-refractivity contribution in [3.8, 4) is 17.0 Å². The molecule has 0 radical (unpaired) electrons. The van der Waals surface area contributed by atoms with E-state index in [-0.39, 0.29) is 41.9 Å². The number of hydrogen-bond donors (Lipinski definition) is 1. The minimum atomic E-state index is -3.96. The second-order valence-electron chi connectivity index (χ2n) is 14.8. The standard InChI is InChI=1S/C36H45N5O5S.ClH/c1-38(2)47(44,45)37-34(42)23-10-14-28-31(16-23)40-21-36(35(43)41-24-11-12-25(41)20-39(3)19-24)18-30(36)29-17-26(46-4)13-15-27(29)33(40)32(28)22-8-6-5-7-9-22;/h10,13-17,22,24-25,30H,5-9,11-12,18-21H2,1-4H3,(H,37,42);1H/t24-,25+,30-,36-;/m0./s1. The van der Waals surface area contributed by atoms with Crippen LogP contribution in [0.25, 0.3) is 22.2 Å². The maximum Gasteiger partial charge on any atom is 0.303 e. The molecule has 2 aliphatic carbocycles. The monoisotopic (exact) mass is 695 g/mol. The Bertz CT molecular complexity index is 1890. The summed E-state index contributed by atoms with van der Waals surface area (Å²) < 4.78 is 36.4. The molecule has 48 heavy (non-hydrogen) atoms. The Morgan fingerprint density at radius 3 is 2.35 bits per heavy atom. The Labute approximate surface area is 289 Å². The van der Waals surface area contributed by atoms with Crippen molar-refractivity contribution in [3.05, 3.63) is 53.1 Å². The number of benzene rings is 2. The number of likely N-dealkylation sites (tertiary alicyclic amines) is 1. The van der Waals surface area contributed by atoms with Gasteiger partial charge in [-0.15, -0.1) is 12.4 Å². The highest BCUT2D eigenvalue weighted by Crippen LogP contribution is 2.66. The third-order valence-corrected chi connectivity index (χ3v) is 13.2. The molecule has 4 atom stereocenters. The Balaban J connectivity index is 0.00000364. The average Bonchev–Trinajstić information content (AvgIpc) is 3.64. The molecule has 3 aromatic rings. The number of nitrogens with one attached hydrogen (secondary N) is 1. The molecule has 8 rings (SSSR count). The maximum atomic E-state index is 15.0. The molecule has 4 heterocycles. The lowest BCUT2D eigenvalue weighted by Gasteiger charge is -2.41. The molecule has 3 aliphatic heterocycles. The lowest BCUT2D eigenvalue weighted by atomic mass is 9.81. The molecule has 0 unspecified atom stereocenters. The second kappa shape index (κ2) is 12.0. The number of amides is 2. The van der Waals surface area contributed by atoms with Crippen molar-refractivity contribution in [2.45, 2.75) is 81.8 Å². The van der Waals surface area contributed by atoms with Gasteiger partial charge in [0, 0.05) is 73.8 Å². The zero-order valence-corrected chi connectivity index (χ0v) is 29.8. The van der Waals surface area contributed by atoms with Gasteiger partial charge in [-0.1, -0.05) is 25.3 Å². The number of carbonyl (C=O) groups is 2. The summed E-state index contributed by atoms with van der Waals surface area (Å²) in [7, 11) is 2.67. The Hall–Kier alpha value is -3.12. The average molecular weight is 696 g/mol. The van der Waals surface area contributed by atoms with Crippen LogP contribution in [0.1, 0.15) is 84.7 Å². The quantitative estimate of drug-likeness (QED) is 0.384. The van der Waals surface area contributed by atoms with E-state index in [0.29, 0.717) is 12.5 Å². The Morgan fingerprint density at radius 1 is 0.979 bits per heavy atom. The smallest absolute Gasteiger partial charge is 0.303 e. The van der Waals surface area contributed by atoms with Crippen LogP contribution in [-0.4, -0.2) is 92.3 Å². The molecule has 258 valence electrons. The van der Waals surface area contributed by atoms with E-state index in [2.05, 4.69) is 38.3 Å². The van der Waals surface area contributed by atoms with Crippen molar-refractivity contribution < 1.29 is 22.7 Å². The molecular weight excluding hydrogens is 650 g/mol. The van der Waals surface area contributed by atoms with Gasteiger partial charge >= 0.3 is 10.2 Å². The summed E-state index contributed by atoms with van der Waals surface area (Å²) in [6.45, 7) is 2.34. The molecular formula is C36H46ClN5O5S. The summed E-state index contributed by atoms with van der Waals surface area (Å²) in [4.78, 5) is 33.0. The van der Waals surface area contributed by atoms with Crippen LogP contribution < -0.4 is 9.46 Å². The van der Waals surface area contributed by atoms with Gasteiger partial charge < -0.3 is 19.1 Å². The highest BCUT2D eigenvalue weighted by Gasteiger charge is 2.65. The molecule has 1 aromatic heterocycles. The summed E-state index contributed by atoms with van der Waals surface area (Å²) in [6.07, 6.45) is 8.64. The molecule has 2 saturated carbocycles. The minimum Gasteiger partial charge on any atom is -0.497 e. The third kappa shape index (κ3) is 5.15. The topological polar surface area (TPSA) is 104 Å². The zero-order valence-electron chi connectivity index (χ0n) is 28.2. The molecule has 1 N–H and O–H groups in total. The number of carbonyl (C=O) groups excluding carboxylic acids is 2. The van der Waals surface area contributed by atoms with E-state index in [9.17, 15) is 18.0 Å². The van der Waals surface area contributed by atoms with Crippen molar-refractivity contribution in [1.29, 1.82) is 0 Å². The molecule has 12 heteroatoms. The first-order valence-corrected chi connectivity index (χ1v) is 18.6. The number of methoxy groups -OCH3 is 1. The summed E-state index contributed by atoms with van der Waals surface area (Å²) in [5.74, 6) is 0.822. The van der Waals surface area contributed by atoms with E-state index in [4.69, 9.17) is 4.74 Å². The van der Waals surface area contributed by atoms with Crippen molar-refractivity contribution in [1.82, 2.24) is 23.4 Å². The number of piperazine rings is 1. The Kier molecular flexibility index (Phi) is 8.37. The highest BCUT2D eigenvalue weighted by molar-refractivity contribution is 7.87. The SMILES string of the molecule is COc1ccc2c(c1)[C@@H]1C[C@]1(C(=O)N1[C@@H]3CC[C@H]1CN(C)C3)Cn1c-2c(C2CCCCC2)c2ccc(C(=O)NS(=O)(=O)N(C)C)cc21.Cl. The number of aromatic nitrogens is 1. The van der Waals surface area contributed by atoms with Gasteiger partial charge in [-0.3, -0.25) is 9.59 Å². The van der Waals surface area contributed by atoms with E-state index in [1.165, 1.54) is 44.5 Å². The van der Waals surface area contributed by atoms with Crippen LogP contribution in [0, 0.1) is 5.41 Å². The van der Waals surface area contributed by atoms with Gasteiger partial charge in [0.05, 0.1) is 18.2 Å². The first-order chi connectivity index (χ1) is 22.5. The van der Waals surface area contributed by atoms with Crippen LogP contribution in [0.3, 0.4) is 0 Å². The predicted octanol–water partition coefficient (Wildman–Crippen LogP) is 5.11. The van der Waals surface area contributed by atoms with Crippen molar-refractivity contribution in [2.24, 2.45) is 5.41 Å². The first-order valence-electron chi connectivity index (χ1n) is 17.1. The van der Waals surface area contributed by atoms with Crippen LogP contribution in [0.15, 0.2) is 36.4 Å². The normalized spacial score (nSPS) is 26.7. The van der Waals surface area contributed by atoms with Crippen molar-refractivity contribution >= 4 is 45.3 Å². The van der Waals surface area contributed by atoms with Gasteiger partial charge in [-0.05, 0) is 86.5 Å². The molecule has 0 spiro atoms. The van der Waals surface area contributed by atoms with Crippen molar-refractivity contribution in [3.63, 3.8) is 0 Å². The third-order valence-electron chi connectivity index (χ3n) is 11.8. The zero-order chi connectivity index (χ0) is 32.8. The Morgan fingerprint density at radius 2 is 1.69 bits per heavy atom. The molecule has 2 aromatic carbocycles. The second-order valence-corrected chi connectivity index (χ2v) is 16.7. The lowest BCUT2D eigenvalue weighted by molar-refractivity contribution is -0.143. The van der Waals surface area contributed by atoms with Gasteiger partial charge in [0.15, 0.2) is 0 Å². The molecule has 4 fully saturated rings. The fraction of sp³-hybridized carbons (Fsp3) is 0.556. The van der Waals surface area contributed by atoms with E-state index >= 15 is 0 Å². The fourth-order valence-electron chi connectivity index (χ4n) is 9.39. The molecule has 10 nitrogen and oxygen atoms in total.